The molecule has 2 aromatic rings. The van der Waals surface area contributed by atoms with Gasteiger partial charge in [0.05, 0.1) is 20.8 Å². The van der Waals surface area contributed by atoms with E-state index in [9.17, 15) is 4.79 Å². The van der Waals surface area contributed by atoms with Gasteiger partial charge in [-0.05, 0) is 5.56 Å². The smallest absolute Gasteiger partial charge is 0.360 e. The van der Waals surface area contributed by atoms with Crippen molar-refractivity contribution < 1.29 is 14.3 Å². The molecule has 2 rings (SSSR count). The molecule has 0 unspecified atom stereocenters. The Balaban J connectivity index is 2.15. The number of esters is 1. The van der Waals surface area contributed by atoms with E-state index in [1.54, 1.807) is 0 Å². The summed E-state index contributed by atoms with van der Waals surface area (Å²) in [5, 5.41) is 2.84. The van der Waals surface area contributed by atoms with Crippen LogP contribution in [0.5, 0.6) is 0 Å². The Morgan fingerprint density at radius 1 is 1.14 bits per heavy atom. The summed E-state index contributed by atoms with van der Waals surface area (Å²) in [4.78, 5) is 23.9. The van der Waals surface area contributed by atoms with E-state index in [0.717, 1.165) is 5.56 Å². The van der Waals surface area contributed by atoms with Gasteiger partial charge in [0.15, 0.2) is 11.5 Å². The van der Waals surface area contributed by atoms with Crippen molar-refractivity contribution in [3.8, 4) is 0 Å². The third-order valence-corrected chi connectivity index (χ3v) is 2.74. The summed E-state index contributed by atoms with van der Waals surface area (Å²) in [6.07, 6.45) is 2.87. The van der Waals surface area contributed by atoms with E-state index in [4.69, 9.17) is 4.74 Å². The molecule has 7 nitrogen and oxygen atoms in total. The second kappa shape index (κ2) is 7.72. The minimum atomic E-state index is -0.589. The summed E-state index contributed by atoms with van der Waals surface area (Å²) in [7, 11) is 2.76. The van der Waals surface area contributed by atoms with Crippen molar-refractivity contribution in [1.82, 2.24) is 9.97 Å². The van der Waals surface area contributed by atoms with Gasteiger partial charge >= 0.3 is 5.97 Å². The van der Waals surface area contributed by atoms with Gasteiger partial charge in [0, 0.05) is 12.4 Å². The normalized spacial score (nSPS) is 10.9. The number of aliphatic imine (C=N–C) groups is 1. The van der Waals surface area contributed by atoms with E-state index in [2.05, 4.69) is 25.0 Å². The summed E-state index contributed by atoms with van der Waals surface area (Å²) in [5.74, 6) is -0.364. The molecule has 0 spiro atoms. The zero-order valence-electron chi connectivity index (χ0n) is 12.3. The third kappa shape index (κ3) is 4.02. The predicted octanol–water partition coefficient (Wildman–Crippen LogP) is 1.88. The third-order valence-electron chi connectivity index (χ3n) is 2.74. The van der Waals surface area contributed by atoms with Gasteiger partial charge in [-0.15, -0.1) is 0 Å². The first-order valence-electron chi connectivity index (χ1n) is 6.53. The fourth-order valence-corrected chi connectivity index (χ4v) is 1.68. The van der Waals surface area contributed by atoms with E-state index in [1.165, 1.54) is 26.6 Å². The first-order chi connectivity index (χ1) is 10.7. The maximum atomic E-state index is 11.6. The largest absolute Gasteiger partial charge is 0.468 e. The summed E-state index contributed by atoms with van der Waals surface area (Å²) < 4.78 is 9.82. The molecule has 0 amide bonds. The number of methoxy groups -OCH3 is 2. The van der Waals surface area contributed by atoms with Gasteiger partial charge in [-0.2, -0.15) is 0 Å². The van der Waals surface area contributed by atoms with Crippen LogP contribution >= 0.6 is 0 Å². The molecular formula is C15H16N4O3. The molecule has 0 aliphatic rings. The lowest BCUT2D eigenvalue weighted by Gasteiger charge is -2.09. The standard InChI is InChI=1S/C15H16N4O3/c1-21-14(20)12-13(17-9-8-16-12)19-15(22-2)18-10-11-6-4-3-5-7-11/h3-9H,10H2,1-2H3,(H,17,18,19). The number of ether oxygens (including phenoxy) is 2. The lowest BCUT2D eigenvalue weighted by molar-refractivity contribution is 0.0595. The van der Waals surface area contributed by atoms with Crippen LogP contribution in [0.25, 0.3) is 0 Å². The first-order valence-corrected chi connectivity index (χ1v) is 6.53. The number of aromatic nitrogens is 2. The van der Waals surface area contributed by atoms with Crippen LogP contribution in [-0.2, 0) is 16.0 Å². The molecule has 0 saturated carbocycles. The van der Waals surface area contributed by atoms with Crippen LogP contribution in [0, 0.1) is 0 Å². The number of carbonyl (C=O) groups excluding carboxylic acids is 1. The van der Waals surface area contributed by atoms with E-state index in [-0.39, 0.29) is 17.5 Å². The van der Waals surface area contributed by atoms with Crippen LogP contribution in [0.15, 0.2) is 47.7 Å². The van der Waals surface area contributed by atoms with Crippen LogP contribution < -0.4 is 5.32 Å². The molecule has 0 saturated heterocycles. The van der Waals surface area contributed by atoms with Gasteiger partial charge < -0.3 is 9.47 Å². The van der Waals surface area contributed by atoms with Gasteiger partial charge in [-0.1, -0.05) is 30.3 Å². The highest BCUT2D eigenvalue weighted by Crippen LogP contribution is 2.10. The zero-order valence-corrected chi connectivity index (χ0v) is 12.3. The molecule has 0 atom stereocenters. The highest BCUT2D eigenvalue weighted by atomic mass is 16.5. The molecule has 0 fully saturated rings. The maximum Gasteiger partial charge on any atom is 0.360 e. The van der Waals surface area contributed by atoms with Gasteiger partial charge in [-0.3, -0.25) is 5.32 Å². The number of carbonyl (C=O) groups is 1. The van der Waals surface area contributed by atoms with Crippen LogP contribution in [0.4, 0.5) is 5.82 Å². The van der Waals surface area contributed by atoms with Crippen LogP contribution in [-0.4, -0.2) is 36.2 Å². The fraction of sp³-hybridized carbons (Fsp3) is 0.200. The molecule has 0 bridgehead atoms. The number of anilines is 1. The average molecular weight is 300 g/mol. The maximum absolute atomic E-state index is 11.6. The second-order valence-corrected chi connectivity index (χ2v) is 4.18. The van der Waals surface area contributed by atoms with Crippen LogP contribution in [0.1, 0.15) is 16.1 Å². The Morgan fingerprint density at radius 2 is 1.86 bits per heavy atom. The Kier molecular flexibility index (Phi) is 5.42. The van der Waals surface area contributed by atoms with E-state index < -0.39 is 5.97 Å². The fourth-order valence-electron chi connectivity index (χ4n) is 1.68. The number of hydrogen-bond donors (Lipinski definition) is 1. The summed E-state index contributed by atoms with van der Waals surface area (Å²) in [5.41, 5.74) is 1.10. The van der Waals surface area contributed by atoms with E-state index in [1.807, 2.05) is 30.3 Å². The molecular weight excluding hydrogens is 284 g/mol. The number of nitrogens with zero attached hydrogens (tertiary/aromatic N) is 3. The van der Waals surface area contributed by atoms with Gasteiger partial charge in [-0.25, -0.2) is 19.8 Å². The molecule has 1 aromatic heterocycles. The number of rotatable bonds is 4. The molecule has 1 heterocycles. The summed E-state index contributed by atoms with van der Waals surface area (Å²) >= 11 is 0. The van der Waals surface area contributed by atoms with Crippen molar-refractivity contribution in [2.75, 3.05) is 19.5 Å². The van der Waals surface area contributed by atoms with Gasteiger partial charge in [0.25, 0.3) is 6.02 Å². The molecule has 22 heavy (non-hydrogen) atoms. The molecule has 0 aliphatic carbocycles. The highest BCUT2D eigenvalue weighted by Gasteiger charge is 2.16. The Hall–Kier alpha value is -2.96. The molecule has 114 valence electrons. The topological polar surface area (TPSA) is 85.7 Å². The van der Waals surface area contributed by atoms with Gasteiger partial charge in [0.2, 0.25) is 0 Å². The minimum absolute atomic E-state index is 0.0643. The molecule has 1 N–H and O–H groups in total. The number of nitrogens with one attached hydrogen (secondary N) is 1. The zero-order chi connectivity index (χ0) is 15.8. The van der Waals surface area contributed by atoms with E-state index in [0.29, 0.717) is 6.54 Å². The number of benzene rings is 1. The minimum Gasteiger partial charge on any atom is -0.468 e. The number of hydrogen-bond acceptors (Lipinski definition) is 6. The average Bonchev–Trinajstić information content (AvgIpc) is 2.59. The summed E-state index contributed by atoms with van der Waals surface area (Å²) in [6.45, 7) is 0.435. The predicted molar refractivity (Wildman–Crippen MR) is 81.6 cm³/mol. The Morgan fingerprint density at radius 3 is 2.55 bits per heavy atom. The van der Waals surface area contributed by atoms with Crippen LogP contribution in [0.3, 0.4) is 0 Å². The molecule has 0 aliphatic heterocycles. The van der Waals surface area contributed by atoms with Crippen molar-refractivity contribution in [2.24, 2.45) is 4.99 Å². The quantitative estimate of drug-likeness (QED) is 0.527. The van der Waals surface area contributed by atoms with Crippen molar-refractivity contribution >= 4 is 17.8 Å². The van der Waals surface area contributed by atoms with E-state index >= 15 is 0 Å². The van der Waals surface area contributed by atoms with Crippen molar-refractivity contribution in [1.29, 1.82) is 0 Å². The van der Waals surface area contributed by atoms with Crippen molar-refractivity contribution in [2.45, 2.75) is 6.54 Å². The van der Waals surface area contributed by atoms with Crippen molar-refractivity contribution in [3.63, 3.8) is 0 Å². The number of amidine groups is 1. The Labute approximate surface area is 128 Å². The van der Waals surface area contributed by atoms with Crippen molar-refractivity contribution in [3.05, 3.63) is 54.0 Å². The lowest BCUT2D eigenvalue weighted by Crippen LogP contribution is -2.19. The van der Waals surface area contributed by atoms with Gasteiger partial charge in [0.1, 0.15) is 0 Å². The lowest BCUT2D eigenvalue weighted by atomic mass is 10.2. The molecule has 0 radical (unpaired) electrons. The second-order valence-electron chi connectivity index (χ2n) is 4.18. The highest BCUT2D eigenvalue weighted by molar-refractivity contribution is 5.97. The molecule has 1 aromatic carbocycles. The van der Waals surface area contributed by atoms with Crippen LogP contribution in [0.2, 0.25) is 0 Å². The molecule has 7 heteroatoms. The SMILES string of the molecule is COC(=O)c1nccnc1NC(=NCc1ccccc1)OC. The first kappa shape index (κ1) is 15.4. The monoisotopic (exact) mass is 300 g/mol. The summed E-state index contributed by atoms with van der Waals surface area (Å²) in [6, 6.07) is 9.95. The Bertz CT molecular complexity index is 659.